The van der Waals surface area contributed by atoms with E-state index in [1.165, 1.54) is 0 Å². The van der Waals surface area contributed by atoms with Gasteiger partial charge in [0.2, 0.25) is 5.60 Å². The van der Waals surface area contributed by atoms with E-state index in [9.17, 15) is 4.79 Å². The molecule has 0 radical (unpaired) electrons. The third-order valence-electron chi connectivity index (χ3n) is 1.80. The molecule has 1 aliphatic rings. The molecule has 0 aromatic heterocycles. The number of rotatable bonds is 1. The number of primary amides is 1. The molecule has 1 rings (SSSR count). The van der Waals surface area contributed by atoms with Crippen molar-refractivity contribution >= 4 is 6.09 Å². The van der Waals surface area contributed by atoms with Crippen LogP contribution in [0.5, 0.6) is 0 Å². The number of carbonyl (C=O) groups excluding carboxylic acids is 1. The topological polar surface area (TPSA) is 85.3 Å². The summed E-state index contributed by atoms with van der Waals surface area (Å²) in [5.41, 5.74) is 3.78. The number of carbonyl (C=O) groups is 1. The molecule has 12 heavy (non-hydrogen) atoms. The van der Waals surface area contributed by atoms with Crippen molar-refractivity contribution in [3.8, 4) is 6.07 Å². The molecule has 0 aromatic carbocycles. The third kappa shape index (κ3) is 1.86. The van der Waals surface area contributed by atoms with Gasteiger partial charge in [-0.05, 0) is 0 Å². The van der Waals surface area contributed by atoms with Crippen LogP contribution >= 0.6 is 0 Å². The predicted octanol–water partition coefficient (Wildman–Crippen LogP) is 0.154. The molecule has 1 aliphatic heterocycles. The van der Waals surface area contributed by atoms with E-state index in [2.05, 4.69) is 0 Å². The maximum atomic E-state index is 10.4. The molecule has 0 saturated carbocycles. The first-order valence-electron chi connectivity index (χ1n) is 3.66. The second kappa shape index (κ2) is 3.41. The van der Waals surface area contributed by atoms with Gasteiger partial charge in [-0.3, -0.25) is 0 Å². The number of hydrogen-bond donors (Lipinski definition) is 1. The van der Waals surface area contributed by atoms with E-state index < -0.39 is 11.7 Å². The Morgan fingerprint density at radius 1 is 1.58 bits per heavy atom. The zero-order chi connectivity index (χ0) is 9.03. The lowest BCUT2D eigenvalue weighted by molar-refractivity contribution is -0.0347. The average Bonchev–Trinajstić information content (AvgIpc) is 2.05. The summed E-state index contributed by atoms with van der Waals surface area (Å²) in [4.78, 5) is 10.4. The van der Waals surface area contributed by atoms with Gasteiger partial charge in [0.25, 0.3) is 0 Å². The van der Waals surface area contributed by atoms with E-state index in [0.717, 1.165) is 0 Å². The molecule has 0 aromatic rings. The van der Waals surface area contributed by atoms with E-state index in [0.29, 0.717) is 26.1 Å². The molecule has 0 spiro atoms. The normalized spacial score (nSPS) is 20.9. The highest BCUT2D eigenvalue weighted by Crippen LogP contribution is 2.23. The van der Waals surface area contributed by atoms with Gasteiger partial charge in [0.1, 0.15) is 6.07 Å². The summed E-state index contributed by atoms with van der Waals surface area (Å²) in [5.74, 6) is 0. The Hall–Kier alpha value is -1.28. The first kappa shape index (κ1) is 8.81. The Morgan fingerprint density at radius 2 is 2.17 bits per heavy atom. The molecule has 66 valence electrons. The highest BCUT2D eigenvalue weighted by Gasteiger charge is 2.36. The second-order valence-corrected chi connectivity index (χ2v) is 2.64. The maximum absolute atomic E-state index is 10.4. The van der Waals surface area contributed by atoms with Gasteiger partial charge in [0.15, 0.2) is 0 Å². The van der Waals surface area contributed by atoms with Crippen LogP contribution in [0.25, 0.3) is 0 Å². The van der Waals surface area contributed by atoms with Crippen molar-refractivity contribution in [2.45, 2.75) is 18.4 Å². The van der Waals surface area contributed by atoms with Crippen molar-refractivity contribution < 1.29 is 14.3 Å². The van der Waals surface area contributed by atoms with Crippen LogP contribution in [0.2, 0.25) is 0 Å². The zero-order valence-corrected chi connectivity index (χ0v) is 6.58. The minimum Gasteiger partial charge on any atom is -0.427 e. The summed E-state index contributed by atoms with van der Waals surface area (Å²) in [6, 6.07) is 1.95. The molecular formula is C7H10N2O3. The molecule has 0 bridgehead atoms. The van der Waals surface area contributed by atoms with E-state index >= 15 is 0 Å². The summed E-state index contributed by atoms with van der Waals surface area (Å²) in [6.45, 7) is 0.863. The highest BCUT2D eigenvalue weighted by atomic mass is 16.6. The molecule has 0 atom stereocenters. The van der Waals surface area contributed by atoms with Gasteiger partial charge in [0.05, 0.1) is 13.2 Å². The summed E-state index contributed by atoms with van der Waals surface area (Å²) < 4.78 is 9.75. The van der Waals surface area contributed by atoms with Gasteiger partial charge in [-0.1, -0.05) is 0 Å². The summed E-state index contributed by atoms with van der Waals surface area (Å²) in [6.07, 6.45) is -0.114. The largest absolute Gasteiger partial charge is 0.427 e. The van der Waals surface area contributed by atoms with Crippen LogP contribution in [-0.2, 0) is 9.47 Å². The van der Waals surface area contributed by atoms with Crippen LogP contribution in [0.1, 0.15) is 12.8 Å². The van der Waals surface area contributed by atoms with Crippen LogP contribution < -0.4 is 5.73 Å². The Balaban J connectivity index is 2.61. The molecule has 1 heterocycles. The Morgan fingerprint density at radius 3 is 2.58 bits per heavy atom. The molecule has 0 aliphatic carbocycles. The van der Waals surface area contributed by atoms with Crippen LogP contribution in [0.3, 0.4) is 0 Å². The molecule has 5 nitrogen and oxygen atoms in total. The molecule has 1 fully saturated rings. The van der Waals surface area contributed by atoms with Crippen molar-refractivity contribution in [3.05, 3.63) is 0 Å². The van der Waals surface area contributed by atoms with Crippen molar-refractivity contribution in [1.29, 1.82) is 5.26 Å². The highest BCUT2D eigenvalue weighted by molar-refractivity contribution is 5.65. The Labute approximate surface area is 70.0 Å². The minimum absolute atomic E-state index is 0.395. The Kier molecular flexibility index (Phi) is 2.51. The Bertz CT molecular complexity index is 215. The zero-order valence-electron chi connectivity index (χ0n) is 6.58. The number of nitriles is 1. The molecule has 5 heteroatoms. The van der Waals surface area contributed by atoms with Crippen molar-refractivity contribution in [1.82, 2.24) is 0 Å². The van der Waals surface area contributed by atoms with E-state index in [1.54, 1.807) is 0 Å². The fraction of sp³-hybridized carbons (Fsp3) is 0.714. The number of nitrogens with two attached hydrogens (primary N) is 1. The molecule has 1 saturated heterocycles. The van der Waals surface area contributed by atoms with E-state index in [4.69, 9.17) is 20.5 Å². The second-order valence-electron chi connectivity index (χ2n) is 2.64. The predicted molar refractivity (Wildman–Crippen MR) is 39.1 cm³/mol. The van der Waals surface area contributed by atoms with Gasteiger partial charge in [-0.25, -0.2) is 4.79 Å². The third-order valence-corrected chi connectivity index (χ3v) is 1.80. The van der Waals surface area contributed by atoms with Crippen LogP contribution in [0.15, 0.2) is 0 Å². The summed E-state index contributed by atoms with van der Waals surface area (Å²) in [7, 11) is 0. The standard InChI is InChI=1S/C7H10N2O3/c8-5-7(12-6(9)10)1-3-11-4-2-7/h1-4H2,(H2,9,10). The number of nitrogens with zero attached hydrogens (tertiary/aromatic N) is 1. The fourth-order valence-electron chi connectivity index (χ4n) is 1.13. The first-order chi connectivity index (χ1) is 5.68. The quantitative estimate of drug-likeness (QED) is 0.607. The molecular weight excluding hydrogens is 160 g/mol. The monoisotopic (exact) mass is 170 g/mol. The van der Waals surface area contributed by atoms with Crippen LogP contribution in [-0.4, -0.2) is 24.9 Å². The van der Waals surface area contributed by atoms with Gasteiger partial charge in [-0.2, -0.15) is 5.26 Å². The van der Waals surface area contributed by atoms with Crippen molar-refractivity contribution in [3.63, 3.8) is 0 Å². The number of amides is 1. The molecule has 0 unspecified atom stereocenters. The van der Waals surface area contributed by atoms with Crippen LogP contribution in [0, 0.1) is 11.3 Å². The van der Waals surface area contributed by atoms with Gasteiger partial charge >= 0.3 is 6.09 Å². The lowest BCUT2D eigenvalue weighted by atomic mass is 9.96. The SMILES string of the molecule is N#CC1(OC(N)=O)CCOCC1. The molecule has 1 amide bonds. The van der Waals surface area contributed by atoms with E-state index in [-0.39, 0.29) is 0 Å². The lowest BCUT2D eigenvalue weighted by Crippen LogP contribution is -2.40. The van der Waals surface area contributed by atoms with Crippen molar-refractivity contribution in [2.24, 2.45) is 5.73 Å². The number of ether oxygens (including phenoxy) is 2. The summed E-state index contributed by atoms with van der Waals surface area (Å²) in [5, 5.41) is 8.75. The average molecular weight is 170 g/mol. The van der Waals surface area contributed by atoms with Gasteiger partial charge in [0, 0.05) is 12.8 Å². The van der Waals surface area contributed by atoms with Gasteiger partial charge < -0.3 is 15.2 Å². The smallest absolute Gasteiger partial charge is 0.406 e. The van der Waals surface area contributed by atoms with Crippen molar-refractivity contribution in [2.75, 3.05) is 13.2 Å². The fourth-order valence-corrected chi connectivity index (χ4v) is 1.13. The number of hydrogen-bond acceptors (Lipinski definition) is 4. The molecule has 2 N–H and O–H groups in total. The first-order valence-corrected chi connectivity index (χ1v) is 3.66. The summed E-state index contributed by atoms with van der Waals surface area (Å²) >= 11 is 0. The lowest BCUT2D eigenvalue weighted by Gasteiger charge is -2.29. The minimum atomic E-state index is -1.05. The van der Waals surface area contributed by atoms with E-state index in [1.807, 2.05) is 6.07 Å². The van der Waals surface area contributed by atoms with Gasteiger partial charge in [-0.15, -0.1) is 0 Å². The maximum Gasteiger partial charge on any atom is 0.406 e. The van der Waals surface area contributed by atoms with Crippen LogP contribution in [0.4, 0.5) is 4.79 Å².